The summed E-state index contributed by atoms with van der Waals surface area (Å²) in [6.45, 7) is 5.22. The van der Waals surface area contributed by atoms with Crippen LogP contribution in [-0.2, 0) is 13.0 Å². The summed E-state index contributed by atoms with van der Waals surface area (Å²) in [5.41, 5.74) is 7.98. The number of imidazole rings is 1. The highest BCUT2D eigenvalue weighted by Crippen LogP contribution is 2.22. The first-order valence-corrected chi connectivity index (χ1v) is 7.40. The van der Waals surface area contributed by atoms with Gasteiger partial charge >= 0.3 is 0 Å². The van der Waals surface area contributed by atoms with Crippen LogP contribution in [0.1, 0.15) is 38.9 Å². The summed E-state index contributed by atoms with van der Waals surface area (Å²) >= 11 is 6.09. The molecule has 19 heavy (non-hydrogen) atoms. The minimum absolute atomic E-state index is 0.262. The lowest BCUT2D eigenvalue weighted by atomic mass is 10.1. The van der Waals surface area contributed by atoms with Crippen molar-refractivity contribution in [3.05, 3.63) is 29.0 Å². The standard InChI is InChI=1S/C15H22ClN3/c1-3-9-19-14-10-12(16)7-8-13(14)18-15(19)6-4-5-11(2)17/h7-8,10-11H,3-6,9,17H2,1-2H3. The van der Waals surface area contributed by atoms with Crippen molar-refractivity contribution in [3.63, 3.8) is 0 Å². The highest BCUT2D eigenvalue weighted by atomic mass is 35.5. The third-order valence-corrected chi connectivity index (χ3v) is 3.53. The summed E-state index contributed by atoms with van der Waals surface area (Å²) in [5.74, 6) is 1.15. The van der Waals surface area contributed by atoms with Crippen LogP contribution in [0.25, 0.3) is 11.0 Å². The Balaban J connectivity index is 2.28. The predicted octanol–water partition coefficient (Wildman–Crippen LogP) is 3.77. The van der Waals surface area contributed by atoms with E-state index in [1.165, 1.54) is 0 Å². The SMILES string of the molecule is CCCn1c(CCCC(C)N)nc2ccc(Cl)cc21. The lowest BCUT2D eigenvalue weighted by molar-refractivity contribution is 0.587. The molecular formula is C15H22ClN3. The van der Waals surface area contributed by atoms with Gasteiger partial charge in [0.25, 0.3) is 0 Å². The fourth-order valence-electron chi connectivity index (χ4n) is 2.39. The van der Waals surface area contributed by atoms with Gasteiger partial charge in [0.1, 0.15) is 5.82 Å². The molecule has 4 heteroatoms. The molecule has 1 atom stereocenters. The van der Waals surface area contributed by atoms with Gasteiger partial charge in [-0.2, -0.15) is 0 Å². The monoisotopic (exact) mass is 279 g/mol. The van der Waals surface area contributed by atoms with Crippen LogP contribution < -0.4 is 5.73 Å². The predicted molar refractivity (Wildman–Crippen MR) is 81.6 cm³/mol. The van der Waals surface area contributed by atoms with Gasteiger partial charge in [0, 0.05) is 24.0 Å². The number of fused-ring (bicyclic) bond motifs is 1. The van der Waals surface area contributed by atoms with Gasteiger partial charge in [0.15, 0.2) is 0 Å². The Bertz CT molecular complexity index is 546. The van der Waals surface area contributed by atoms with Crippen LogP contribution in [-0.4, -0.2) is 15.6 Å². The lowest BCUT2D eigenvalue weighted by Crippen LogP contribution is -2.15. The van der Waals surface area contributed by atoms with Crippen molar-refractivity contribution in [3.8, 4) is 0 Å². The van der Waals surface area contributed by atoms with Gasteiger partial charge < -0.3 is 10.3 Å². The van der Waals surface area contributed by atoms with Gasteiger partial charge in [-0.25, -0.2) is 4.98 Å². The molecule has 104 valence electrons. The maximum atomic E-state index is 6.09. The molecule has 0 saturated carbocycles. The second-order valence-electron chi connectivity index (χ2n) is 5.18. The van der Waals surface area contributed by atoms with Crippen molar-refractivity contribution in [2.45, 2.75) is 52.1 Å². The van der Waals surface area contributed by atoms with Crippen LogP contribution in [0.15, 0.2) is 18.2 Å². The van der Waals surface area contributed by atoms with Crippen molar-refractivity contribution in [1.29, 1.82) is 0 Å². The Morgan fingerprint density at radius 2 is 2.21 bits per heavy atom. The van der Waals surface area contributed by atoms with E-state index in [2.05, 4.69) is 18.4 Å². The number of hydrogen-bond acceptors (Lipinski definition) is 2. The van der Waals surface area contributed by atoms with Crippen molar-refractivity contribution >= 4 is 22.6 Å². The molecular weight excluding hydrogens is 258 g/mol. The number of nitrogens with two attached hydrogens (primary N) is 1. The highest BCUT2D eigenvalue weighted by molar-refractivity contribution is 6.31. The molecule has 0 amide bonds. The average molecular weight is 280 g/mol. The molecule has 0 saturated heterocycles. The first-order chi connectivity index (χ1) is 9.11. The second-order valence-corrected chi connectivity index (χ2v) is 5.62. The van der Waals surface area contributed by atoms with Crippen LogP contribution in [0.5, 0.6) is 0 Å². The molecule has 0 aliphatic rings. The van der Waals surface area contributed by atoms with E-state index < -0.39 is 0 Å². The third kappa shape index (κ3) is 3.48. The maximum absolute atomic E-state index is 6.09. The Morgan fingerprint density at radius 1 is 1.42 bits per heavy atom. The molecule has 0 aliphatic heterocycles. The van der Waals surface area contributed by atoms with Crippen molar-refractivity contribution in [1.82, 2.24) is 9.55 Å². The van der Waals surface area contributed by atoms with Crippen LogP contribution in [0, 0.1) is 0 Å². The average Bonchev–Trinajstić information content (AvgIpc) is 2.68. The minimum Gasteiger partial charge on any atom is -0.328 e. The van der Waals surface area contributed by atoms with E-state index in [1.54, 1.807) is 0 Å². The summed E-state index contributed by atoms with van der Waals surface area (Å²) in [6.07, 6.45) is 4.20. The Kier molecular flexibility index (Phi) is 4.83. The topological polar surface area (TPSA) is 43.8 Å². The number of rotatable bonds is 6. The van der Waals surface area contributed by atoms with E-state index in [-0.39, 0.29) is 6.04 Å². The molecule has 3 nitrogen and oxygen atoms in total. The molecule has 0 bridgehead atoms. The van der Waals surface area contributed by atoms with Gasteiger partial charge in [-0.05, 0) is 44.4 Å². The number of nitrogens with zero attached hydrogens (tertiary/aromatic N) is 2. The summed E-state index contributed by atoms with van der Waals surface area (Å²) in [7, 11) is 0. The van der Waals surface area contributed by atoms with Crippen molar-refractivity contribution in [2.24, 2.45) is 5.73 Å². The first kappa shape index (κ1) is 14.4. The van der Waals surface area contributed by atoms with E-state index >= 15 is 0 Å². The smallest absolute Gasteiger partial charge is 0.109 e. The van der Waals surface area contributed by atoms with Crippen LogP contribution >= 0.6 is 11.6 Å². The van der Waals surface area contributed by atoms with Crippen molar-refractivity contribution in [2.75, 3.05) is 0 Å². The quantitative estimate of drug-likeness (QED) is 0.875. The zero-order valence-electron chi connectivity index (χ0n) is 11.7. The van der Waals surface area contributed by atoms with Gasteiger partial charge in [0.2, 0.25) is 0 Å². The van der Waals surface area contributed by atoms with Crippen LogP contribution in [0.3, 0.4) is 0 Å². The fourth-order valence-corrected chi connectivity index (χ4v) is 2.56. The summed E-state index contributed by atoms with van der Waals surface area (Å²) in [5, 5.41) is 0.770. The number of halogens is 1. The number of hydrogen-bond donors (Lipinski definition) is 1. The first-order valence-electron chi connectivity index (χ1n) is 7.02. The molecule has 2 aromatic rings. The Labute approximate surface area is 119 Å². The van der Waals surface area contributed by atoms with Crippen LogP contribution in [0.4, 0.5) is 0 Å². The van der Waals surface area contributed by atoms with E-state index in [0.717, 1.165) is 54.1 Å². The molecule has 0 radical (unpaired) electrons. The molecule has 0 aliphatic carbocycles. The Morgan fingerprint density at radius 3 is 2.89 bits per heavy atom. The normalized spacial score (nSPS) is 13.1. The Hall–Kier alpha value is -1.06. The third-order valence-electron chi connectivity index (χ3n) is 3.30. The zero-order valence-corrected chi connectivity index (χ0v) is 12.5. The van der Waals surface area contributed by atoms with E-state index in [4.69, 9.17) is 22.3 Å². The van der Waals surface area contributed by atoms with E-state index in [1.807, 2.05) is 18.2 Å². The summed E-state index contributed by atoms with van der Waals surface area (Å²) < 4.78 is 2.29. The van der Waals surface area contributed by atoms with Gasteiger partial charge in [-0.1, -0.05) is 18.5 Å². The summed E-state index contributed by atoms with van der Waals surface area (Å²) in [6, 6.07) is 6.17. The summed E-state index contributed by atoms with van der Waals surface area (Å²) in [4.78, 5) is 4.73. The molecule has 2 rings (SSSR count). The molecule has 0 spiro atoms. The van der Waals surface area contributed by atoms with E-state index in [0.29, 0.717) is 0 Å². The van der Waals surface area contributed by atoms with Gasteiger partial charge in [-0.15, -0.1) is 0 Å². The molecule has 2 N–H and O–H groups in total. The van der Waals surface area contributed by atoms with Gasteiger partial charge in [0.05, 0.1) is 11.0 Å². The largest absolute Gasteiger partial charge is 0.328 e. The molecule has 1 aromatic carbocycles. The van der Waals surface area contributed by atoms with E-state index in [9.17, 15) is 0 Å². The van der Waals surface area contributed by atoms with Crippen molar-refractivity contribution < 1.29 is 0 Å². The molecule has 0 fully saturated rings. The maximum Gasteiger partial charge on any atom is 0.109 e. The highest BCUT2D eigenvalue weighted by Gasteiger charge is 2.10. The molecule has 1 unspecified atom stereocenters. The molecule has 1 aromatic heterocycles. The number of aryl methyl sites for hydroxylation is 2. The van der Waals surface area contributed by atoms with Gasteiger partial charge in [-0.3, -0.25) is 0 Å². The fraction of sp³-hybridized carbons (Fsp3) is 0.533. The zero-order chi connectivity index (χ0) is 13.8. The number of aromatic nitrogens is 2. The van der Waals surface area contributed by atoms with Crippen LogP contribution in [0.2, 0.25) is 5.02 Å². The molecule has 1 heterocycles. The second kappa shape index (κ2) is 6.40. The number of benzene rings is 1. The lowest BCUT2D eigenvalue weighted by Gasteiger charge is -2.08. The minimum atomic E-state index is 0.262.